The molecule has 7 nitrogen and oxygen atoms in total. The van der Waals surface area contributed by atoms with E-state index in [1.165, 1.54) is 0 Å². The standard InChI is InChI=1S/C26H26BrN3O4/c1-18(16-25(32)29-30-26(33)20-7-9-21(27)10-8-20)15-24(31)28-22-11-13-23(14-12-22)34-17-19-5-3-2-4-6-19/h2-14,18H,15-17H2,1H3,(H,28,31)(H,29,32)(H,30,33). The maximum Gasteiger partial charge on any atom is 0.269 e. The van der Waals surface area contributed by atoms with E-state index in [1.54, 1.807) is 55.5 Å². The van der Waals surface area contributed by atoms with Crippen LogP contribution in [0.25, 0.3) is 0 Å². The number of halogens is 1. The second-order valence-electron chi connectivity index (χ2n) is 7.87. The first-order chi connectivity index (χ1) is 16.4. The maximum absolute atomic E-state index is 12.3. The van der Waals surface area contributed by atoms with E-state index in [1.807, 2.05) is 30.3 Å². The summed E-state index contributed by atoms with van der Waals surface area (Å²) in [5, 5.41) is 2.82. The monoisotopic (exact) mass is 523 g/mol. The molecule has 0 bridgehead atoms. The van der Waals surface area contributed by atoms with Gasteiger partial charge in [0.05, 0.1) is 0 Å². The molecule has 0 aliphatic rings. The molecule has 0 aliphatic carbocycles. The number of hydrogen-bond acceptors (Lipinski definition) is 4. The molecule has 1 atom stereocenters. The molecular formula is C26H26BrN3O4. The van der Waals surface area contributed by atoms with Crippen LogP contribution in [0, 0.1) is 5.92 Å². The van der Waals surface area contributed by atoms with Crippen LogP contribution in [0.1, 0.15) is 35.7 Å². The van der Waals surface area contributed by atoms with E-state index in [0.29, 0.717) is 23.6 Å². The first-order valence-electron chi connectivity index (χ1n) is 10.8. The number of nitrogens with one attached hydrogen (secondary N) is 3. The molecule has 1 unspecified atom stereocenters. The van der Waals surface area contributed by atoms with E-state index < -0.39 is 5.91 Å². The van der Waals surface area contributed by atoms with E-state index >= 15 is 0 Å². The Labute approximate surface area is 207 Å². The Bertz CT molecular complexity index is 1100. The Hall–Kier alpha value is -3.65. The summed E-state index contributed by atoms with van der Waals surface area (Å²) in [6, 6.07) is 23.8. The SMILES string of the molecule is CC(CC(=O)NNC(=O)c1ccc(Br)cc1)CC(=O)Nc1ccc(OCc2ccccc2)cc1. The van der Waals surface area contributed by atoms with Gasteiger partial charge in [0.1, 0.15) is 12.4 Å². The Morgan fingerprint density at radius 1 is 0.824 bits per heavy atom. The Morgan fingerprint density at radius 2 is 1.47 bits per heavy atom. The molecule has 176 valence electrons. The number of carbonyl (C=O) groups is 3. The maximum atomic E-state index is 12.3. The minimum absolute atomic E-state index is 0.0975. The summed E-state index contributed by atoms with van der Waals surface area (Å²) in [5.41, 5.74) is 6.91. The highest BCUT2D eigenvalue weighted by Gasteiger charge is 2.15. The first-order valence-corrected chi connectivity index (χ1v) is 11.6. The molecule has 0 fully saturated rings. The van der Waals surface area contributed by atoms with Crippen molar-refractivity contribution < 1.29 is 19.1 Å². The first kappa shape index (κ1) is 25.0. The van der Waals surface area contributed by atoms with Gasteiger partial charge in [-0.25, -0.2) is 0 Å². The minimum Gasteiger partial charge on any atom is -0.489 e. The van der Waals surface area contributed by atoms with Crippen LogP contribution in [0.4, 0.5) is 5.69 Å². The van der Waals surface area contributed by atoms with E-state index in [2.05, 4.69) is 32.1 Å². The summed E-state index contributed by atoms with van der Waals surface area (Å²) < 4.78 is 6.60. The smallest absolute Gasteiger partial charge is 0.269 e. The molecule has 0 aliphatic heterocycles. The molecule has 3 rings (SSSR count). The summed E-state index contributed by atoms with van der Waals surface area (Å²) in [6.07, 6.45) is 0.265. The zero-order chi connectivity index (χ0) is 24.3. The van der Waals surface area contributed by atoms with Crippen LogP contribution in [-0.4, -0.2) is 17.7 Å². The highest BCUT2D eigenvalue weighted by Crippen LogP contribution is 2.18. The number of carbonyl (C=O) groups excluding carboxylic acids is 3. The lowest BCUT2D eigenvalue weighted by Gasteiger charge is -2.13. The van der Waals surface area contributed by atoms with Gasteiger partial charge in [0.25, 0.3) is 5.91 Å². The third-order valence-corrected chi connectivity index (χ3v) is 5.40. The van der Waals surface area contributed by atoms with Gasteiger partial charge in [-0.05, 0) is 60.0 Å². The second kappa shape index (κ2) is 12.6. The van der Waals surface area contributed by atoms with Crippen LogP contribution in [0.3, 0.4) is 0 Å². The van der Waals surface area contributed by atoms with Crippen molar-refractivity contribution in [3.8, 4) is 5.75 Å². The highest BCUT2D eigenvalue weighted by molar-refractivity contribution is 9.10. The summed E-state index contributed by atoms with van der Waals surface area (Å²) >= 11 is 3.30. The molecule has 3 aromatic carbocycles. The third-order valence-electron chi connectivity index (χ3n) is 4.88. The molecule has 0 saturated heterocycles. The molecule has 8 heteroatoms. The topological polar surface area (TPSA) is 96.5 Å². The van der Waals surface area contributed by atoms with Crippen molar-refractivity contribution in [1.82, 2.24) is 10.9 Å². The van der Waals surface area contributed by atoms with Gasteiger partial charge >= 0.3 is 0 Å². The Balaban J connectivity index is 1.37. The summed E-state index contributed by atoms with van der Waals surface area (Å²) in [6.45, 7) is 2.27. The number of hydrazine groups is 1. The number of rotatable bonds is 9. The molecule has 3 amide bonds. The fraction of sp³-hybridized carbons (Fsp3) is 0.192. The fourth-order valence-electron chi connectivity index (χ4n) is 3.14. The van der Waals surface area contributed by atoms with E-state index in [4.69, 9.17) is 4.74 Å². The molecule has 0 spiro atoms. The van der Waals surface area contributed by atoms with Crippen LogP contribution in [-0.2, 0) is 16.2 Å². The molecule has 3 aromatic rings. The molecule has 34 heavy (non-hydrogen) atoms. The van der Waals surface area contributed by atoms with E-state index in [-0.39, 0.29) is 30.6 Å². The van der Waals surface area contributed by atoms with Crippen molar-refractivity contribution in [1.29, 1.82) is 0 Å². The number of amides is 3. The lowest BCUT2D eigenvalue weighted by atomic mass is 10.0. The summed E-state index contributed by atoms with van der Waals surface area (Å²) in [4.78, 5) is 36.5. The van der Waals surface area contributed by atoms with Gasteiger partial charge in [-0.2, -0.15) is 0 Å². The molecule has 0 saturated carbocycles. The number of anilines is 1. The van der Waals surface area contributed by atoms with Crippen molar-refractivity contribution in [3.05, 3.63) is 94.5 Å². The van der Waals surface area contributed by atoms with Crippen LogP contribution < -0.4 is 20.9 Å². The Kier molecular flexibility index (Phi) is 9.22. The number of hydrogen-bond donors (Lipinski definition) is 3. The number of ether oxygens (including phenoxy) is 1. The lowest BCUT2D eigenvalue weighted by Crippen LogP contribution is -2.42. The van der Waals surface area contributed by atoms with Crippen molar-refractivity contribution in [2.45, 2.75) is 26.4 Å². The van der Waals surface area contributed by atoms with Crippen molar-refractivity contribution in [3.63, 3.8) is 0 Å². The third kappa shape index (κ3) is 8.37. The molecule has 0 heterocycles. The van der Waals surface area contributed by atoms with Crippen molar-refractivity contribution in [2.24, 2.45) is 5.92 Å². The van der Waals surface area contributed by atoms with Gasteiger partial charge in [-0.3, -0.25) is 25.2 Å². The zero-order valence-corrected chi connectivity index (χ0v) is 20.3. The highest BCUT2D eigenvalue weighted by atomic mass is 79.9. The summed E-state index contributed by atoms with van der Waals surface area (Å²) in [7, 11) is 0. The van der Waals surface area contributed by atoms with Crippen LogP contribution in [0.5, 0.6) is 5.75 Å². The van der Waals surface area contributed by atoms with Crippen LogP contribution >= 0.6 is 15.9 Å². The van der Waals surface area contributed by atoms with E-state index in [9.17, 15) is 14.4 Å². The predicted molar refractivity (Wildman–Crippen MR) is 134 cm³/mol. The average Bonchev–Trinajstić information content (AvgIpc) is 2.83. The van der Waals surface area contributed by atoms with Gasteiger partial charge in [-0.15, -0.1) is 0 Å². The van der Waals surface area contributed by atoms with Gasteiger partial charge in [0.15, 0.2) is 0 Å². The fourth-order valence-corrected chi connectivity index (χ4v) is 3.41. The molecule has 0 aromatic heterocycles. The van der Waals surface area contributed by atoms with Crippen LogP contribution in [0.2, 0.25) is 0 Å². The van der Waals surface area contributed by atoms with E-state index in [0.717, 1.165) is 10.0 Å². The van der Waals surface area contributed by atoms with Gasteiger partial charge in [0, 0.05) is 28.6 Å². The molecular weight excluding hydrogens is 498 g/mol. The van der Waals surface area contributed by atoms with Crippen molar-refractivity contribution in [2.75, 3.05) is 5.32 Å². The minimum atomic E-state index is -0.414. The second-order valence-corrected chi connectivity index (χ2v) is 8.79. The average molecular weight is 524 g/mol. The van der Waals surface area contributed by atoms with Gasteiger partial charge < -0.3 is 10.1 Å². The quantitative estimate of drug-likeness (QED) is 0.349. The molecule has 0 radical (unpaired) electrons. The van der Waals surface area contributed by atoms with Crippen molar-refractivity contribution >= 4 is 39.3 Å². The summed E-state index contributed by atoms with van der Waals surface area (Å²) in [5.74, 6) is -0.486. The lowest BCUT2D eigenvalue weighted by molar-refractivity contribution is -0.123. The zero-order valence-electron chi connectivity index (χ0n) is 18.7. The normalized spacial score (nSPS) is 11.2. The molecule has 3 N–H and O–H groups in total. The predicted octanol–water partition coefficient (Wildman–Crippen LogP) is 4.84. The largest absolute Gasteiger partial charge is 0.489 e. The Morgan fingerprint density at radius 3 is 2.15 bits per heavy atom. The number of benzene rings is 3. The van der Waals surface area contributed by atoms with Gasteiger partial charge in [-0.1, -0.05) is 53.2 Å². The van der Waals surface area contributed by atoms with Crippen LogP contribution in [0.15, 0.2) is 83.3 Å². The van der Waals surface area contributed by atoms with Gasteiger partial charge in [0.2, 0.25) is 11.8 Å².